The van der Waals surface area contributed by atoms with Crippen molar-refractivity contribution in [1.82, 2.24) is 24.5 Å². The van der Waals surface area contributed by atoms with Crippen LogP contribution in [0.3, 0.4) is 0 Å². The van der Waals surface area contributed by atoms with Gasteiger partial charge in [-0.25, -0.2) is 14.3 Å². The summed E-state index contributed by atoms with van der Waals surface area (Å²) in [6.07, 6.45) is 1.75. The molecule has 0 fully saturated rings. The maximum atomic E-state index is 4.53. The molecule has 26 heavy (non-hydrogen) atoms. The molecule has 5 nitrogen and oxygen atoms in total. The van der Waals surface area contributed by atoms with Gasteiger partial charge in [-0.05, 0) is 49.7 Å². The summed E-state index contributed by atoms with van der Waals surface area (Å²) >= 11 is 1.63. The zero-order valence-electron chi connectivity index (χ0n) is 14.7. The molecule has 4 rings (SSSR count). The van der Waals surface area contributed by atoms with Gasteiger partial charge in [0.1, 0.15) is 6.33 Å². The van der Waals surface area contributed by atoms with Crippen LogP contribution in [0.1, 0.15) is 17.0 Å². The molecule has 0 N–H and O–H groups in total. The van der Waals surface area contributed by atoms with Gasteiger partial charge in [0.25, 0.3) is 0 Å². The average molecular weight is 361 g/mol. The Morgan fingerprint density at radius 2 is 1.65 bits per heavy atom. The summed E-state index contributed by atoms with van der Waals surface area (Å²) in [5, 5.41) is 9.83. The number of para-hydroxylation sites is 1. The largest absolute Gasteiger partial charge is 0.238 e. The Morgan fingerprint density at radius 3 is 2.35 bits per heavy atom. The first-order chi connectivity index (χ1) is 12.7. The molecular weight excluding hydrogens is 342 g/mol. The molecule has 0 amide bonds. The molecule has 2 heterocycles. The number of hydrogen-bond donors (Lipinski definition) is 0. The molecule has 0 atom stereocenters. The van der Waals surface area contributed by atoms with Crippen LogP contribution in [0.4, 0.5) is 0 Å². The predicted molar refractivity (Wildman–Crippen MR) is 104 cm³/mol. The number of aromatic nitrogens is 5. The first-order valence-corrected chi connectivity index (χ1v) is 9.40. The molecule has 2 aromatic carbocycles. The second kappa shape index (κ2) is 7.17. The van der Waals surface area contributed by atoms with Gasteiger partial charge >= 0.3 is 0 Å². The van der Waals surface area contributed by atoms with Crippen LogP contribution in [0, 0.1) is 13.8 Å². The molecule has 0 radical (unpaired) electrons. The van der Waals surface area contributed by atoms with Crippen LogP contribution in [-0.2, 0) is 5.75 Å². The van der Waals surface area contributed by atoms with Crippen LogP contribution >= 0.6 is 11.8 Å². The van der Waals surface area contributed by atoms with Gasteiger partial charge < -0.3 is 0 Å². The first-order valence-electron chi connectivity index (χ1n) is 8.41. The lowest BCUT2D eigenvalue weighted by Crippen LogP contribution is -1.99. The number of nitrogens with zero attached hydrogens (tertiary/aromatic N) is 5. The van der Waals surface area contributed by atoms with E-state index in [2.05, 4.69) is 52.4 Å². The molecule has 0 bridgehead atoms. The highest BCUT2D eigenvalue weighted by Crippen LogP contribution is 2.21. The molecule has 0 saturated heterocycles. The standard InChI is InChI=1S/C20H19N5S/c1-15-12-16(2)25(22-15)19-10-8-17(9-11-19)13-26-20-21-14-24(23-20)18-6-4-3-5-7-18/h3-12,14H,13H2,1-2H3. The monoisotopic (exact) mass is 361 g/mol. The molecule has 0 spiro atoms. The molecule has 0 aliphatic heterocycles. The molecule has 0 unspecified atom stereocenters. The van der Waals surface area contributed by atoms with Crippen molar-refractivity contribution in [2.75, 3.05) is 0 Å². The Kier molecular flexibility index (Phi) is 4.58. The highest BCUT2D eigenvalue weighted by Gasteiger charge is 2.06. The van der Waals surface area contributed by atoms with Crippen molar-refractivity contribution in [3.05, 3.63) is 83.9 Å². The number of rotatable bonds is 5. The highest BCUT2D eigenvalue weighted by molar-refractivity contribution is 7.98. The fourth-order valence-corrected chi connectivity index (χ4v) is 3.55. The van der Waals surface area contributed by atoms with Crippen molar-refractivity contribution in [2.24, 2.45) is 0 Å². The maximum Gasteiger partial charge on any atom is 0.209 e. The third-order valence-corrected chi connectivity index (χ3v) is 4.97. The lowest BCUT2D eigenvalue weighted by atomic mass is 10.2. The number of thioether (sulfide) groups is 1. The number of aryl methyl sites for hydroxylation is 2. The Balaban J connectivity index is 1.42. The third-order valence-electron chi connectivity index (χ3n) is 4.05. The van der Waals surface area contributed by atoms with Gasteiger partial charge in [0.05, 0.1) is 17.1 Å². The Labute approximate surface area is 156 Å². The fourth-order valence-electron chi connectivity index (χ4n) is 2.79. The molecule has 4 aromatic rings. The second-order valence-electron chi connectivity index (χ2n) is 6.10. The lowest BCUT2D eigenvalue weighted by molar-refractivity contribution is 0.832. The zero-order valence-corrected chi connectivity index (χ0v) is 15.5. The molecule has 0 saturated carbocycles. The normalized spacial score (nSPS) is 11.0. The highest BCUT2D eigenvalue weighted by atomic mass is 32.2. The van der Waals surface area contributed by atoms with Crippen molar-refractivity contribution in [1.29, 1.82) is 0 Å². The lowest BCUT2D eigenvalue weighted by Gasteiger charge is -2.05. The van der Waals surface area contributed by atoms with Gasteiger partial charge in [-0.15, -0.1) is 5.10 Å². The molecule has 0 aliphatic carbocycles. The van der Waals surface area contributed by atoms with E-state index in [4.69, 9.17) is 0 Å². The summed E-state index contributed by atoms with van der Waals surface area (Å²) < 4.78 is 3.77. The van der Waals surface area contributed by atoms with E-state index >= 15 is 0 Å². The van der Waals surface area contributed by atoms with Crippen LogP contribution in [0.2, 0.25) is 0 Å². The van der Waals surface area contributed by atoms with Crippen LogP contribution in [0.25, 0.3) is 11.4 Å². The fraction of sp³-hybridized carbons (Fsp3) is 0.150. The summed E-state index contributed by atoms with van der Waals surface area (Å²) in [5.41, 5.74) is 5.50. The summed E-state index contributed by atoms with van der Waals surface area (Å²) in [6.45, 7) is 4.08. The van der Waals surface area contributed by atoms with Gasteiger partial charge in [0.15, 0.2) is 0 Å². The Morgan fingerprint density at radius 1 is 0.885 bits per heavy atom. The molecule has 6 heteroatoms. The molecule has 0 aliphatic rings. The number of hydrogen-bond acceptors (Lipinski definition) is 4. The Bertz CT molecular complexity index is 1000. The molecule has 2 aromatic heterocycles. The van der Waals surface area contributed by atoms with Gasteiger partial charge in [-0.2, -0.15) is 5.10 Å². The van der Waals surface area contributed by atoms with Gasteiger partial charge in [0.2, 0.25) is 5.16 Å². The van der Waals surface area contributed by atoms with Crippen molar-refractivity contribution < 1.29 is 0 Å². The van der Waals surface area contributed by atoms with E-state index in [9.17, 15) is 0 Å². The summed E-state index contributed by atoms with van der Waals surface area (Å²) in [4.78, 5) is 4.39. The van der Waals surface area contributed by atoms with Crippen molar-refractivity contribution in [2.45, 2.75) is 24.8 Å². The van der Waals surface area contributed by atoms with Crippen molar-refractivity contribution in [3.63, 3.8) is 0 Å². The number of benzene rings is 2. The third kappa shape index (κ3) is 3.55. The summed E-state index contributed by atoms with van der Waals surface area (Å²) in [6, 6.07) is 20.6. The zero-order chi connectivity index (χ0) is 17.9. The van der Waals surface area contributed by atoms with Crippen LogP contribution in [0.5, 0.6) is 0 Å². The van der Waals surface area contributed by atoms with E-state index in [1.54, 1.807) is 22.8 Å². The average Bonchev–Trinajstić information content (AvgIpc) is 3.27. The minimum atomic E-state index is 0.775. The van der Waals surface area contributed by atoms with E-state index in [1.807, 2.05) is 41.9 Å². The van der Waals surface area contributed by atoms with Gasteiger partial charge in [-0.1, -0.05) is 42.1 Å². The quantitative estimate of drug-likeness (QED) is 0.496. The topological polar surface area (TPSA) is 48.5 Å². The summed E-state index contributed by atoms with van der Waals surface area (Å²) in [5.74, 6) is 0.830. The minimum Gasteiger partial charge on any atom is -0.238 e. The predicted octanol–water partition coefficient (Wildman–Crippen LogP) is 4.36. The van der Waals surface area contributed by atoms with Gasteiger partial charge in [-0.3, -0.25) is 0 Å². The van der Waals surface area contributed by atoms with E-state index in [0.29, 0.717) is 0 Å². The summed E-state index contributed by atoms with van der Waals surface area (Å²) in [7, 11) is 0. The second-order valence-corrected chi connectivity index (χ2v) is 7.04. The maximum absolute atomic E-state index is 4.53. The molecule has 130 valence electrons. The van der Waals surface area contributed by atoms with Gasteiger partial charge in [0, 0.05) is 11.4 Å². The SMILES string of the molecule is Cc1cc(C)n(-c2ccc(CSc3ncn(-c4ccccc4)n3)cc2)n1. The first kappa shape index (κ1) is 16.6. The van der Waals surface area contributed by atoms with E-state index in [1.165, 1.54) is 5.56 Å². The van der Waals surface area contributed by atoms with Crippen molar-refractivity contribution >= 4 is 11.8 Å². The minimum absolute atomic E-state index is 0.775. The van der Waals surface area contributed by atoms with Crippen LogP contribution in [0.15, 0.2) is 72.1 Å². The van der Waals surface area contributed by atoms with E-state index in [-0.39, 0.29) is 0 Å². The van der Waals surface area contributed by atoms with E-state index in [0.717, 1.165) is 33.7 Å². The van der Waals surface area contributed by atoms with Crippen LogP contribution in [-0.4, -0.2) is 24.5 Å². The smallest absolute Gasteiger partial charge is 0.209 e. The van der Waals surface area contributed by atoms with Crippen LogP contribution < -0.4 is 0 Å². The Hall–Kier alpha value is -2.86. The van der Waals surface area contributed by atoms with E-state index < -0.39 is 0 Å². The molecular formula is C20H19N5S. The van der Waals surface area contributed by atoms with Crippen molar-refractivity contribution in [3.8, 4) is 11.4 Å².